The van der Waals surface area contributed by atoms with Crippen LogP contribution in [0.3, 0.4) is 0 Å². The number of nitrogens with zero attached hydrogens (tertiary/aromatic N) is 1. The summed E-state index contributed by atoms with van der Waals surface area (Å²) in [6.45, 7) is 1.97. The van der Waals surface area contributed by atoms with Crippen molar-refractivity contribution in [1.29, 1.82) is 0 Å². The standard InChI is InChI=1S/C15H17N3O3/c1-9-4-5-13(20-2)12(6-9)18-14-7-10(15(19)21-3)11(16)8-17-14/h4-8H,16H2,1-3H3,(H,17,18). The number of esters is 1. The number of hydrogen-bond acceptors (Lipinski definition) is 6. The van der Waals surface area contributed by atoms with Crippen molar-refractivity contribution in [2.75, 3.05) is 25.3 Å². The maximum atomic E-state index is 11.6. The Bertz CT molecular complexity index is 671. The molecule has 0 fully saturated rings. The van der Waals surface area contributed by atoms with Gasteiger partial charge in [0.25, 0.3) is 0 Å². The molecule has 0 radical (unpaired) electrons. The Balaban J connectivity index is 2.36. The molecule has 0 spiro atoms. The molecule has 1 heterocycles. The molecule has 0 saturated heterocycles. The fourth-order valence-electron chi connectivity index (χ4n) is 1.88. The number of anilines is 3. The van der Waals surface area contributed by atoms with Gasteiger partial charge in [-0.2, -0.15) is 0 Å². The fraction of sp³-hybridized carbons (Fsp3) is 0.200. The SMILES string of the molecule is COC(=O)c1cc(Nc2cc(C)ccc2OC)ncc1N. The van der Waals surface area contributed by atoms with E-state index in [2.05, 4.69) is 15.0 Å². The Kier molecular flexibility index (Phi) is 4.27. The minimum Gasteiger partial charge on any atom is -0.495 e. The maximum Gasteiger partial charge on any atom is 0.340 e. The zero-order valence-corrected chi connectivity index (χ0v) is 12.1. The largest absolute Gasteiger partial charge is 0.495 e. The van der Waals surface area contributed by atoms with Gasteiger partial charge in [-0.3, -0.25) is 0 Å². The van der Waals surface area contributed by atoms with Crippen LogP contribution in [0.1, 0.15) is 15.9 Å². The first-order chi connectivity index (χ1) is 10.0. The number of nitrogen functional groups attached to an aromatic ring is 1. The average Bonchev–Trinajstić information content (AvgIpc) is 2.48. The summed E-state index contributed by atoms with van der Waals surface area (Å²) in [6.07, 6.45) is 1.41. The molecule has 0 unspecified atom stereocenters. The second-order valence-corrected chi connectivity index (χ2v) is 4.48. The summed E-state index contributed by atoms with van der Waals surface area (Å²) in [5.74, 6) is 0.654. The molecule has 0 amide bonds. The van der Waals surface area contributed by atoms with E-state index in [1.807, 2.05) is 25.1 Å². The van der Waals surface area contributed by atoms with Crippen LogP contribution in [0.4, 0.5) is 17.2 Å². The van der Waals surface area contributed by atoms with Gasteiger partial charge in [-0.25, -0.2) is 9.78 Å². The highest BCUT2D eigenvalue weighted by Crippen LogP contribution is 2.28. The minimum absolute atomic E-state index is 0.265. The number of rotatable bonds is 4. The Labute approximate surface area is 122 Å². The summed E-state index contributed by atoms with van der Waals surface area (Å²) in [4.78, 5) is 15.8. The van der Waals surface area contributed by atoms with E-state index in [9.17, 15) is 4.79 Å². The maximum absolute atomic E-state index is 11.6. The molecule has 0 atom stereocenters. The molecule has 0 aliphatic heterocycles. The van der Waals surface area contributed by atoms with E-state index in [4.69, 9.17) is 10.5 Å². The highest BCUT2D eigenvalue weighted by molar-refractivity contribution is 5.95. The number of nitrogens with one attached hydrogen (secondary N) is 1. The number of benzene rings is 1. The Morgan fingerprint density at radius 3 is 2.71 bits per heavy atom. The molecule has 0 aliphatic rings. The average molecular weight is 287 g/mol. The number of pyridine rings is 1. The molecule has 1 aromatic carbocycles. The van der Waals surface area contributed by atoms with Gasteiger partial charge in [0.05, 0.1) is 37.4 Å². The molecule has 2 aromatic rings. The van der Waals surface area contributed by atoms with Gasteiger partial charge in [0.15, 0.2) is 0 Å². The van der Waals surface area contributed by atoms with Crippen molar-refractivity contribution in [3.05, 3.63) is 41.6 Å². The van der Waals surface area contributed by atoms with Crippen molar-refractivity contribution in [1.82, 2.24) is 4.98 Å². The third kappa shape index (κ3) is 3.22. The van der Waals surface area contributed by atoms with Gasteiger partial charge in [-0.05, 0) is 30.7 Å². The van der Waals surface area contributed by atoms with E-state index in [1.54, 1.807) is 13.2 Å². The molecule has 0 aliphatic carbocycles. The van der Waals surface area contributed by atoms with Crippen LogP contribution in [-0.2, 0) is 4.74 Å². The predicted molar refractivity (Wildman–Crippen MR) is 81.0 cm³/mol. The topological polar surface area (TPSA) is 86.5 Å². The van der Waals surface area contributed by atoms with Crippen molar-refractivity contribution in [2.24, 2.45) is 0 Å². The molecule has 110 valence electrons. The van der Waals surface area contributed by atoms with Crippen LogP contribution in [0.5, 0.6) is 5.75 Å². The lowest BCUT2D eigenvalue weighted by atomic mass is 10.2. The van der Waals surface area contributed by atoms with E-state index < -0.39 is 5.97 Å². The van der Waals surface area contributed by atoms with Gasteiger partial charge in [0, 0.05) is 0 Å². The Morgan fingerprint density at radius 1 is 1.29 bits per heavy atom. The molecule has 2 rings (SSSR count). The summed E-state index contributed by atoms with van der Waals surface area (Å²) in [5, 5.41) is 3.11. The lowest BCUT2D eigenvalue weighted by Gasteiger charge is -2.12. The Hall–Kier alpha value is -2.76. The summed E-state index contributed by atoms with van der Waals surface area (Å²) in [5.41, 5.74) is 8.08. The quantitative estimate of drug-likeness (QED) is 0.840. The highest BCUT2D eigenvalue weighted by atomic mass is 16.5. The number of carbonyl (C=O) groups is 1. The number of aryl methyl sites for hydroxylation is 1. The van der Waals surface area contributed by atoms with Crippen molar-refractivity contribution < 1.29 is 14.3 Å². The first-order valence-electron chi connectivity index (χ1n) is 6.30. The number of methoxy groups -OCH3 is 2. The second-order valence-electron chi connectivity index (χ2n) is 4.48. The third-order valence-corrected chi connectivity index (χ3v) is 2.96. The molecule has 3 N–H and O–H groups in total. The fourth-order valence-corrected chi connectivity index (χ4v) is 1.88. The first-order valence-corrected chi connectivity index (χ1v) is 6.30. The van der Waals surface area contributed by atoms with Crippen molar-refractivity contribution in [2.45, 2.75) is 6.92 Å². The molecule has 0 saturated carbocycles. The lowest BCUT2D eigenvalue weighted by molar-refractivity contribution is 0.0602. The number of nitrogens with two attached hydrogens (primary N) is 1. The van der Waals surface area contributed by atoms with Gasteiger partial charge in [0.2, 0.25) is 0 Å². The van der Waals surface area contributed by atoms with E-state index >= 15 is 0 Å². The summed E-state index contributed by atoms with van der Waals surface area (Å²) >= 11 is 0. The molecule has 1 aromatic heterocycles. The van der Waals surface area contributed by atoms with Gasteiger partial charge in [0.1, 0.15) is 11.6 Å². The zero-order chi connectivity index (χ0) is 15.4. The van der Waals surface area contributed by atoms with E-state index in [0.717, 1.165) is 11.3 Å². The third-order valence-electron chi connectivity index (χ3n) is 2.96. The van der Waals surface area contributed by atoms with Crippen molar-refractivity contribution >= 4 is 23.2 Å². The number of hydrogen-bond donors (Lipinski definition) is 2. The number of ether oxygens (including phenoxy) is 2. The van der Waals surface area contributed by atoms with Crippen LogP contribution in [0.15, 0.2) is 30.5 Å². The molecule has 6 heteroatoms. The number of aromatic nitrogens is 1. The first kappa shape index (κ1) is 14.6. The summed E-state index contributed by atoms with van der Waals surface area (Å²) in [6, 6.07) is 7.27. The van der Waals surface area contributed by atoms with E-state index in [-0.39, 0.29) is 11.3 Å². The predicted octanol–water partition coefficient (Wildman–Crippen LogP) is 2.51. The van der Waals surface area contributed by atoms with E-state index in [0.29, 0.717) is 11.6 Å². The van der Waals surface area contributed by atoms with Crippen LogP contribution in [-0.4, -0.2) is 25.2 Å². The lowest BCUT2D eigenvalue weighted by Crippen LogP contribution is -2.07. The summed E-state index contributed by atoms with van der Waals surface area (Å²) in [7, 11) is 2.89. The molecular weight excluding hydrogens is 270 g/mol. The molecular formula is C15H17N3O3. The van der Waals surface area contributed by atoms with Gasteiger partial charge in [-0.15, -0.1) is 0 Å². The smallest absolute Gasteiger partial charge is 0.340 e. The molecule has 21 heavy (non-hydrogen) atoms. The van der Waals surface area contributed by atoms with Gasteiger partial charge in [-0.1, -0.05) is 6.07 Å². The normalized spacial score (nSPS) is 10.0. The monoisotopic (exact) mass is 287 g/mol. The van der Waals surface area contributed by atoms with Crippen LogP contribution in [0.2, 0.25) is 0 Å². The van der Waals surface area contributed by atoms with Crippen LogP contribution < -0.4 is 15.8 Å². The molecule has 6 nitrogen and oxygen atoms in total. The van der Waals surface area contributed by atoms with Crippen molar-refractivity contribution in [3.63, 3.8) is 0 Å². The summed E-state index contributed by atoms with van der Waals surface area (Å²) < 4.78 is 9.98. The van der Waals surface area contributed by atoms with Gasteiger partial charge < -0.3 is 20.5 Å². The van der Waals surface area contributed by atoms with Gasteiger partial charge >= 0.3 is 5.97 Å². The number of carbonyl (C=O) groups excluding carboxylic acids is 1. The van der Waals surface area contributed by atoms with Crippen molar-refractivity contribution in [3.8, 4) is 5.75 Å². The minimum atomic E-state index is -0.505. The van der Waals surface area contributed by atoms with Crippen LogP contribution >= 0.6 is 0 Å². The Morgan fingerprint density at radius 2 is 2.05 bits per heavy atom. The molecule has 0 bridgehead atoms. The van der Waals surface area contributed by atoms with Crippen LogP contribution in [0.25, 0.3) is 0 Å². The highest BCUT2D eigenvalue weighted by Gasteiger charge is 2.12. The second kappa shape index (κ2) is 6.13. The van der Waals surface area contributed by atoms with E-state index in [1.165, 1.54) is 13.3 Å². The van der Waals surface area contributed by atoms with Crippen LogP contribution in [0, 0.1) is 6.92 Å². The zero-order valence-electron chi connectivity index (χ0n) is 12.1.